The van der Waals surface area contributed by atoms with Gasteiger partial charge in [-0.25, -0.2) is 0 Å². The van der Waals surface area contributed by atoms with Gasteiger partial charge in [0.05, 0.1) is 25.0 Å². The van der Waals surface area contributed by atoms with Crippen LogP contribution in [0.2, 0.25) is 0 Å². The monoisotopic (exact) mass is 248 g/mol. The molecule has 0 radical (unpaired) electrons. The molecule has 0 saturated carbocycles. The summed E-state index contributed by atoms with van der Waals surface area (Å²) in [6, 6.07) is 5.78. The zero-order valence-corrected chi connectivity index (χ0v) is 10.5. The molecule has 1 aromatic carbocycles. The lowest BCUT2D eigenvalue weighted by Crippen LogP contribution is -2.05. The number of ketones is 1. The number of methoxy groups -OCH3 is 1. The molecule has 2 aromatic rings. The minimum absolute atomic E-state index is 0.0392. The molecule has 0 aliphatic rings. The average Bonchev–Trinajstić information content (AvgIpc) is 2.83. The van der Waals surface area contributed by atoms with Gasteiger partial charge < -0.3 is 4.74 Å². The van der Waals surface area contributed by atoms with Crippen LogP contribution in [0.4, 0.5) is 0 Å². The van der Waals surface area contributed by atoms with Crippen molar-refractivity contribution in [3.63, 3.8) is 0 Å². The van der Waals surface area contributed by atoms with Gasteiger partial charge in [-0.3, -0.25) is 4.79 Å². The van der Waals surface area contributed by atoms with E-state index in [2.05, 4.69) is 8.75 Å². The third-order valence-corrected chi connectivity index (χ3v) is 2.91. The van der Waals surface area contributed by atoms with Gasteiger partial charge in [0, 0.05) is 12.0 Å². The number of hydrogen-bond donors (Lipinski definition) is 0. The molecule has 17 heavy (non-hydrogen) atoms. The molecule has 2 rings (SSSR count). The number of hydrogen-bond acceptors (Lipinski definition) is 5. The topological polar surface area (TPSA) is 52.1 Å². The largest absolute Gasteiger partial charge is 0.496 e. The zero-order valence-electron chi connectivity index (χ0n) is 9.64. The highest BCUT2D eigenvalue weighted by molar-refractivity contribution is 6.99. The van der Waals surface area contributed by atoms with Crippen LogP contribution in [0.25, 0.3) is 0 Å². The molecule has 0 aliphatic carbocycles. The fourth-order valence-electron chi connectivity index (χ4n) is 1.60. The summed E-state index contributed by atoms with van der Waals surface area (Å²) in [7, 11) is 1.60. The predicted molar refractivity (Wildman–Crippen MR) is 65.7 cm³/mol. The van der Waals surface area contributed by atoms with E-state index in [-0.39, 0.29) is 12.2 Å². The summed E-state index contributed by atoms with van der Waals surface area (Å²) in [4.78, 5) is 11.9. The minimum Gasteiger partial charge on any atom is -0.496 e. The average molecular weight is 248 g/mol. The third-order valence-electron chi connectivity index (χ3n) is 2.43. The molecule has 0 spiro atoms. The maximum atomic E-state index is 11.9. The molecule has 0 saturated heterocycles. The predicted octanol–water partition coefficient (Wildman–Crippen LogP) is 2.28. The van der Waals surface area contributed by atoms with Crippen molar-refractivity contribution in [2.75, 3.05) is 7.11 Å². The molecular formula is C12H12N2O2S. The Labute approximate surface area is 104 Å². The van der Waals surface area contributed by atoms with Gasteiger partial charge in [-0.15, -0.1) is 0 Å². The van der Waals surface area contributed by atoms with Gasteiger partial charge in [-0.2, -0.15) is 8.75 Å². The van der Waals surface area contributed by atoms with Crippen molar-refractivity contribution in [2.24, 2.45) is 0 Å². The van der Waals surface area contributed by atoms with Crippen molar-refractivity contribution < 1.29 is 9.53 Å². The Morgan fingerprint density at radius 3 is 2.94 bits per heavy atom. The smallest absolute Gasteiger partial charge is 0.188 e. The standard InChI is InChI=1S/C12H12N2O2S/c1-8-3-4-12(16-2)9(5-8)6-11(15)10-7-13-17-14-10/h3-5,7H,6H2,1-2H3. The minimum atomic E-state index is -0.0392. The maximum absolute atomic E-state index is 11.9. The first-order valence-corrected chi connectivity index (χ1v) is 5.88. The first kappa shape index (κ1) is 11.7. The number of carbonyl (C=O) groups is 1. The second-order valence-electron chi connectivity index (χ2n) is 3.71. The lowest BCUT2D eigenvalue weighted by molar-refractivity contribution is 0.0988. The van der Waals surface area contributed by atoms with Gasteiger partial charge in [0.2, 0.25) is 0 Å². The molecule has 0 unspecified atom stereocenters. The van der Waals surface area contributed by atoms with Gasteiger partial charge in [-0.05, 0) is 13.0 Å². The van der Waals surface area contributed by atoms with Crippen molar-refractivity contribution in [1.82, 2.24) is 8.75 Å². The quantitative estimate of drug-likeness (QED) is 0.779. The Bertz CT molecular complexity index is 523. The van der Waals surface area contributed by atoms with E-state index >= 15 is 0 Å². The van der Waals surface area contributed by atoms with E-state index in [1.54, 1.807) is 7.11 Å². The summed E-state index contributed by atoms with van der Waals surface area (Å²) in [6.45, 7) is 1.98. The molecular weight excluding hydrogens is 236 g/mol. The second kappa shape index (κ2) is 5.05. The number of benzene rings is 1. The lowest BCUT2D eigenvalue weighted by Gasteiger charge is -2.07. The van der Waals surface area contributed by atoms with Crippen LogP contribution in [0, 0.1) is 6.92 Å². The molecule has 0 aliphatic heterocycles. The van der Waals surface area contributed by atoms with E-state index in [1.807, 2.05) is 25.1 Å². The highest BCUT2D eigenvalue weighted by Gasteiger charge is 2.13. The zero-order chi connectivity index (χ0) is 12.3. The summed E-state index contributed by atoms with van der Waals surface area (Å²) in [5.74, 6) is 0.690. The van der Waals surface area contributed by atoms with E-state index in [0.717, 1.165) is 28.6 Å². The first-order chi connectivity index (χ1) is 8.20. The molecule has 0 N–H and O–H groups in total. The molecule has 0 fully saturated rings. The van der Waals surface area contributed by atoms with Crippen molar-refractivity contribution in [3.05, 3.63) is 41.2 Å². The highest BCUT2D eigenvalue weighted by atomic mass is 32.1. The fraction of sp³-hybridized carbons (Fsp3) is 0.250. The van der Waals surface area contributed by atoms with Crippen LogP contribution >= 0.6 is 11.7 Å². The molecule has 5 heteroatoms. The third kappa shape index (κ3) is 2.68. The Kier molecular flexibility index (Phi) is 3.49. The number of aromatic nitrogens is 2. The molecule has 0 amide bonds. The maximum Gasteiger partial charge on any atom is 0.188 e. The van der Waals surface area contributed by atoms with Gasteiger partial charge in [0.1, 0.15) is 11.4 Å². The molecule has 1 heterocycles. The van der Waals surface area contributed by atoms with E-state index < -0.39 is 0 Å². The molecule has 88 valence electrons. The van der Waals surface area contributed by atoms with Crippen LogP contribution < -0.4 is 4.74 Å². The normalized spacial score (nSPS) is 10.2. The van der Waals surface area contributed by atoms with Gasteiger partial charge in [0.15, 0.2) is 5.78 Å². The van der Waals surface area contributed by atoms with Crippen LogP contribution in [-0.2, 0) is 6.42 Å². The van der Waals surface area contributed by atoms with E-state index in [1.165, 1.54) is 6.20 Å². The fourth-order valence-corrected chi connectivity index (χ4v) is 2.03. The lowest BCUT2D eigenvalue weighted by atomic mass is 10.0. The summed E-state index contributed by atoms with van der Waals surface area (Å²) in [6.07, 6.45) is 1.78. The first-order valence-electron chi connectivity index (χ1n) is 5.15. The van der Waals surface area contributed by atoms with Gasteiger partial charge in [-0.1, -0.05) is 17.7 Å². The van der Waals surface area contributed by atoms with Gasteiger partial charge in [0.25, 0.3) is 0 Å². The number of nitrogens with zero attached hydrogens (tertiary/aromatic N) is 2. The number of carbonyl (C=O) groups excluding carboxylic acids is 1. The Hall–Kier alpha value is -1.75. The van der Waals surface area contributed by atoms with Crippen molar-refractivity contribution in [3.8, 4) is 5.75 Å². The van der Waals surface area contributed by atoms with E-state index in [9.17, 15) is 4.79 Å². The highest BCUT2D eigenvalue weighted by Crippen LogP contribution is 2.21. The number of Topliss-reactive ketones (excluding diaryl/α,β-unsaturated/α-hetero) is 1. The van der Waals surface area contributed by atoms with Crippen molar-refractivity contribution in [1.29, 1.82) is 0 Å². The summed E-state index contributed by atoms with van der Waals surface area (Å²) in [5.41, 5.74) is 2.40. The summed E-state index contributed by atoms with van der Waals surface area (Å²) < 4.78 is 13.0. The second-order valence-corrected chi connectivity index (χ2v) is 4.26. The van der Waals surface area contributed by atoms with Crippen LogP contribution in [0.3, 0.4) is 0 Å². The summed E-state index contributed by atoms with van der Waals surface area (Å²) >= 11 is 1.04. The molecule has 4 nitrogen and oxygen atoms in total. The van der Waals surface area contributed by atoms with Crippen LogP contribution in [0.5, 0.6) is 5.75 Å². The molecule has 0 atom stereocenters. The SMILES string of the molecule is COc1ccc(C)cc1CC(=O)c1cnsn1. The van der Waals surface area contributed by atoms with Crippen LogP contribution in [0.15, 0.2) is 24.4 Å². The van der Waals surface area contributed by atoms with Crippen molar-refractivity contribution in [2.45, 2.75) is 13.3 Å². The number of aryl methyl sites for hydroxylation is 1. The van der Waals surface area contributed by atoms with Crippen molar-refractivity contribution >= 4 is 17.5 Å². The number of rotatable bonds is 4. The Balaban J connectivity index is 2.23. The van der Waals surface area contributed by atoms with Crippen LogP contribution in [-0.4, -0.2) is 21.6 Å². The molecule has 1 aromatic heterocycles. The van der Waals surface area contributed by atoms with E-state index in [0.29, 0.717) is 5.69 Å². The van der Waals surface area contributed by atoms with E-state index in [4.69, 9.17) is 4.74 Å². The summed E-state index contributed by atoms with van der Waals surface area (Å²) in [5, 5.41) is 0. The number of ether oxygens (including phenoxy) is 1. The van der Waals surface area contributed by atoms with Gasteiger partial charge >= 0.3 is 0 Å². The Morgan fingerprint density at radius 2 is 2.29 bits per heavy atom. The molecule has 0 bridgehead atoms. The Morgan fingerprint density at radius 1 is 1.47 bits per heavy atom. The van der Waals surface area contributed by atoms with Crippen LogP contribution in [0.1, 0.15) is 21.6 Å².